The molecule has 4 nitrogen and oxygen atoms in total. The minimum atomic E-state index is -0.116. The lowest BCUT2D eigenvalue weighted by Gasteiger charge is -2.32. The van der Waals surface area contributed by atoms with E-state index in [4.69, 9.17) is 23.2 Å². The average molecular weight is 355 g/mol. The van der Waals surface area contributed by atoms with Gasteiger partial charge in [-0.3, -0.25) is 9.59 Å². The molecule has 1 heterocycles. The molecule has 3 rings (SSSR count). The molecule has 2 fully saturated rings. The molecule has 1 aromatic carbocycles. The summed E-state index contributed by atoms with van der Waals surface area (Å²) in [6.07, 6.45) is 4.11. The van der Waals surface area contributed by atoms with Crippen molar-refractivity contribution in [2.75, 3.05) is 19.6 Å². The quantitative estimate of drug-likeness (QED) is 0.900. The van der Waals surface area contributed by atoms with E-state index in [2.05, 4.69) is 5.32 Å². The second-order valence-corrected chi connectivity index (χ2v) is 7.22. The van der Waals surface area contributed by atoms with Crippen molar-refractivity contribution < 1.29 is 9.59 Å². The van der Waals surface area contributed by atoms with Crippen LogP contribution in [0.4, 0.5) is 0 Å². The number of benzene rings is 1. The Hall–Kier alpha value is -1.26. The standard InChI is InChI=1S/C17H20Cl2N2O2/c18-14-6-5-12(8-15(14)19)17(23)21-7-1-2-13(10-21)16(22)20-9-11-3-4-11/h5-6,8,11,13H,1-4,7,9-10H2,(H,20,22). The molecule has 1 saturated carbocycles. The molecule has 1 aromatic rings. The predicted molar refractivity (Wildman–Crippen MR) is 90.8 cm³/mol. The summed E-state index contributed by atoms with van der Waals surface area (Å²) in [5.74, 6) is 0.525. The molecule has 0 bridgehead atoms. The first-order valence-electron chi connectivity index (χ1n) is 8.06. The van der Waals surface area contributed by atoms with Crippen LogP contribution in [-0.4, -0.2) is 36.3 Å². The molecule has 1 unspecified atom stereocenters. The highest BCUT2D eigenvalue weighted by Crippen LogP contribution is 2.28. The molecule has 1 atom stereocenters. The van der Waals surface area contributed by atoms with E-state index < -0.39 is 0 Å². The van der Waals surface area contributed by atoms with Gasteiger partial charge in [0.25, 0.3) is 5.91 Å². The van der Waals surface area contributed by atoms with Crippen LogP contribution in [-0.2, 0) is 4.79 Å². The van der Waals surface area contributed by atoms with E-state index in [9.17, 15) is 9.59 Å². The van der Waals surface area contributed by atoms with Crippen LogP contribution in [0.5, 0.6) is 0 Å². The Labute approximate surface area is 146 Å². The smallest absolute Gasteiger partial charge is 0.253 e. The van der Waals surface area contributed by atoms with E-state index in [1.807, 2.05) is 0 Å². The van der Waals surface area contributed by atoms with E-state index in [1.165, 1.54) is 12.8 Å². The average Bonchev–Trinajstić information content (AvgIpc) is 3.39. The Bertz CT molecular complexity index is 617. The predicted octanol–water partition coefficient (Wildman–Crippen LogP) is 3.37. The fraction of sp³-hybridized carbons (Fsp3) is 0.529. The molecule has 0 spiro atoms. The normalized spacial score (nSPS) is 21.1. The van der Waals surface area contributed by atoms with Gasteiger partial charge in [-0.25, -0.2) is 0 Å². The van der Waals surface area contributed by atoms with E-state index in [1.54, 1.807) is 23.1 Å². The van der Waals surface area contributed by atoms with Gasteiger partial charge in [0, 0.05) is 25.2 Å². The third kappa shape index (κ3) is 4.18. The van der Waals surface area contributed by atoms with Crippen LogP contribution < -0.4 is 5.32 Å². The highest BCUT2D eigenvalue weighted by molar-refractivity contribution is 6.42. The number of rotatable bonds is 4. The zero-order chi connectivity index (χ0) is 16.4. The van der Waals surface area contributed by atoms with Gasteiger partial charge in [0.05, 0.1) is 16.0 Å². The van der Waals surface area contributed by atoms with Gasteiger partial charge in [0.1, 0.15) is 0 Å². The Morgan fingerprint density at radius 1 is 1.17 bits per heavy atom. The van der Waals surface area contributed by atoms with Crippen molar-refractivity contribution in [3.05, 3.63) is 33.8 Å². The van der Waals surface area contributed by atoms with Gasteiger partial charge in [-0.2, -0.15) is 0 Å². The first-order chi connectivity index (χ1) is 11.0. The molecule has 1 aliphatic carbocycles. The molecule has 6 heteroatoms. The number of nitrogens with one attached hydrogen (secondary N) is 1. The number of carbonyl (C=O) groups is 2. The Kier molecular flexibility index (Phi) is 5.12. The van der Waals surface area contributed by atoms with Crippen molar-refractivity contribution in [3.63, 3.8) is 0 Å². The molecular formula is C17H20Cl2N2O2. The van der Waals surface area contributed by atoms with Crippen LogP contribution in [0, 0.1) is 11.8 Å². The maximum Gasteiger partial charge on any atom is 0.253 e. The number of piperidine rings is 1. The molecular weight excluding hydrogens is 335 g/mol. The third-order valence-electron chi connectivity index (χ3n) is 4.51. The summed E-state index contributed by atoms with van der Waals surface area (Å²) in [4.78, 5) is 26.6. The minimum Gasteiger partial charge on any atom is -0.356 e. The van der Waals surface area contributed by atoms with E-state index in [0.717, 1.165) is 19.4 Å². The molecule has 2 aliphatic rings. The van der Waals surface area contributed by atoms with E-state index in [-0.39, 0.29) is 17.7 Å². The first-order valence-corrected chi connectivity index (χ1v) is 8.82. The minimum absolute atomic E-state index is 0.0727. The number of hydrogen-bond acceptors (Lipinski definition) is 2. The Morgan fingerprint density at radius 2 is 1.96 bits per heavy atom. The van der Waals surface area contributed by atoms with Crippen LogP contribution in [0.2, 0.25) is 10.0 Å². The fourth-order valence-electron chi connectivity index (χ4n) is 2.90. The topological polar surface area (TPSA) is 49.4 Å². The number of halogens is 2. The number of hydrogen-bond donors (Lipinski definition) is 1. The Morgan fingerprint density at radius 3 is 2.65 bits per heavy atom. The lowest BCUT2D eigenvalue weighted by molar-refractivity contribution is -0.126. The molecule has 1 N–H and O–H groups in total. The van der Waals surface area contributed by atoms with Gasteiger partial charge in [-0.15, -0.1) is 0 Å². The highest BCUT2D eigenvalue weighted by Gasteiger charge is 2.30. The summed E-state index contributed by atoms with van der Waals surface area (Å²) < 4.78 is 0. The van der Waals surface area contributed by atoms with Crippen LogP contribution in [0.3, 0.4) is 0 Å². The zero-order valence-corrected chi connectivity index (χ0v) is 14.4. The summed E-state index contributed by atoms with van der Waals surface area (Å²) in [5, 5.41) is 3.81. The van der Waals surface area contributed by atoms with Gasteiger partial charge in [-0.1, -0.05) is 23.2 Å². The second kappa shape index (κ2) is 7.10. The van der Waals surface area contributed by atoms with Crippen molar-refractivity contribution in [2.24, 2.45) is 11.8 Å². The maximum atomic E-state index is 12.6. The summed E-state index contributed by atoms with van der Waals surface area (Å²) in [6, 6.07) is 4.89. The molecule has 23 heavy (non-hydrogen) atoms. The van der Waals surface area contributed by atoms with Crippen molar-refractivity contribution in [2.45, 2.75) is 25.7 Å². The zero-order valence-electron chi connectivity index (χ0n) is 12.9. The van der Waals surface area contributed by atoms with Gasteiger partial charge in [0.2, 0.25) is 5.91 Å². The van der Waals surface area contributed by atoms with E-state index >= 15 is 0 Å². The monoisotopic (exact) mass is 354 g/mol. The molecule has 1 aliphatic heterocycles. The van der Waals surface area contributed by atoms with Crippen LogP contribution in [0.15, 0.2) is 18.2 Å². The fourth-order valence-corrected chi connectivity index (χ4v) is 3.20. The maximum absolute atomic E-state index is 12.6. The molecule has 2 amide bonds. The number of amides is 2. The van der Waals surface area contributed by atoms with Gasteiger partial charge in [0.15, 0.2) is 0 Å². The Balaban J connectivity index is 1.61. The lowest BCUT2D eigenvalue weighted by atomic mass is 9.96. The molecule has 0 aromatic heterocycles. The molecule has 124 valence electrons. The van der Waals surface area contributed by atoms with Crippen molar-refractivity contribution in [3.8, 4) is 0 Å². The summed E-state index contributed by atoms with van der Waals surface area (Å²) in [6.45, 7) is 1.91. The number of likely N-dealkylation sites (tertiary alicyclic amines) is 1. The lowest BCUT2D eigenvalue weighted by Crippen LogP contribution is -2.45. The molecule has 0 radical (unpaired) electrons. The van der Waals surface area contributed by atoms with Crippen LogP contribution in [0.25, 0.3) is 0 Å². The van der Waals surface area contributed by atoms with Gasteiger partial charge in [-0.05, 0) is 49.8 Å². The number of nitrogens with zero attached hydrogens (tertiary/aromatic N) is 1. The summed E-state index contributed by atoms with van der Waals surface area (Å²) in [7, 11) is 0. The third-order valence-corrected chi connectivity index (χ3v) is 5.25. The van der Waals surface area contributed by atoms with Crippen LogP contribution in [0.1, 0.15) is 36.0 Å². The SMILES string of the molecule is O=C(NCC1CC1)C1CCCN(C(=O)c2ccc(Cl)c(Cl)c2)C1. The molecule has 1 saturated heterocycles. The summed E-state index contributed by atoms with van der Waals surface area (Å²) >= 11 is 11.9. The van der Waals surface area contributed by atoms with Crippen LogP contribution >= 0.6 is 23.2 Å². The summed E-state index contributed by atoms with van der Waals surface area (Å²) in [5.41, 5.74) is 0.512. The van der Waals surface area contributed by atoms with E-state index in [0.29, 0.717) is 34.6 Å². The van der Waals surface area contributed by atoms with Crippen molar-refractivity contribution in [1.29, 1.82) is 0 Å². The number of carbonyl (C=O) groups excluding carboxylic acids is 2. The first kappa shape index (κ1) is 16.6. The largest absolute Gasteiger partial charge is 0.356 e. The van der Waals surface area contributed by atoms with Crippen molar-refractivity contribution in [1.82, 2.24) is 10.2 Å². The van der Waals surface area contributed by atoms with Gasteiger partial charge < -0.3 is 10.2 Å². The van der Waals surface area contributed by atoms with Crippen molar-refractivity contribution >= 4 is 35.0 Å². The van der Waals surface area contributed by atoms with Gasteiger partial charge >= 0.3 is 0 Å². The second-order valence-electron chi connectivity index (χ2n) is 6.41. The highest BCUT2D eigenvalue weighted by atomic mass is 35.5.